The maximum Gasteiger partial charge on any atom is 0.410 e. The van der Waals surface area contributed by atoms with E-state index in [9.17, 15) is 14.3 Å². The summed E-state index contributed by atoms with van der Waals surface area (Å²) >= 11 is 1.41. The van der Waals surface area contributed by atoms with Gasteiger partial charge in [0.1, 0.15) is 17.0 Å². The maximum absolute atomic E-state index is 13.3. The van der Waals surface area contributed by atoms with Gasteiger partial charge >= 0.3 is 6.09 Å². The number of hydrogen-bond acceptors (Lipinski definition) is 4. The number of benzene rings is 1. The Morgan fingerprint density at radius 2 is 1.96 bits per heavy atom. The van der Waals surface area contributed by atoms with E-state index < -0.39 is 11.2 Å². The summed E-state index contributed by atoms with van der Waals surface area (Å²) in [5.74, 6) is -0.275. The largest absolute Gasteiger partial charge is 0.444 e. The van der Waals surface area contributed by atoms with Crippen molar-refractivity contribution in [3.63, 3.8) is 0 Å². The zero-order valence-electron chi connectivity index (χ0n) is 14.1. The second kappa shape index (κ2) is 6.01. The van der Waals surface area contributed by atoms with Crippen molar-refractivity contribution < 1.29 is 19.0 Å². The smallest absolute Gasteiger partial charge is 0.410 e. The first-order chi connectivity index (χ1) is 11.2. The minimum absolute atomic E-state index is 0.275. The van der Waals surface area contributed by atoms with Gasteiger partial charge in [-0.05, 0) is 57.2 Å². The highest BCUT2D eigenvalue weighted by atomic mass is 32.1. The quantitative estimate of drug-likeness (QED) is 0.835. The molecule has 1 aromatic carbocycles. The summed E-state index contributed by atoms with van der Waals surface area (Å²) in [6.07, 6.45) is 0.547. The molecule has 24 heavy (non-hydrogen) atoms. The molecule has 0 saturated carbocycles. The predicted octanol–water partition coefficient (Wildman–Crippen LogP) is 4.26. The van der Waals surface area contributed by atoms with E-state index in [2.05, 4.69) is 0 Å². The van der Waals surface area contributed by atoms with Gasteiger partial charge < -0.3 is 14.7 Å². The molecule has 2 aromatic rings. The minimum atomic E-state index is -0.974. The van der Waals surface area contributed by atoms with Gasteiger partial charge in [0.15, 0.2) is 0 Å². The number of rotatable bonds is 1. The Balaban J connectivity index is 1.72. The Hall–Kier alpha value is -1.66. The maximum atomic E-state index is 13.3. The fourth-order valence-corrected chi connectivity index (χ4v) is 4.10. The van der Waals surface area contributed by atoms with Crippen molar-refractivity contribution in [3.05, 3.63) is 35.0 Å². The molecule has 0 aliphatic carbocycles. The van der Waals surface area contributed by atoms with Crippen molar-refractivity contribution in [2.24, 2.45) is 0 Å². The van der Waals surface area contributed by atoms with Crippen molar-refractivity contribution >= 4 is 27.5 Å². The molecule has 2 heterocycles. The molecule has 3 rings (SSSR count). The zero-order valence-corrected chi connectivity index (χ0v) is 15.0. The van der Waals surface area contributed by atoms with Crippen LogP contribution in [0.4, 0.5) is 9.18 Å². The van der Waals surface area contributed by atoms with Crippen molar-refractivity contribution in [3.8, 4) is 0 Å². The lowest BCUT2D eigenvalue weighted by Gasteiger charge is -2.38. The molecule has 0 unspecified atom stereocenters. The number of piperidine rings is 1. The minimum Gasteiger partial charge on any atom is -0.444 e. The first-order valence-corrected chi connectivity index (χ1v) is 8.88. The highest BCUT2D eigenvalue weighted by Gasteiger charge is 2.37. The van der Waals surface area contributed by atoms with E-state index in [1.165, 1.54) is 23.5 Å². The van der Waals surface area contributed by atoms with Crippen molar-refractivity contribution in [2.75, 3.05) is 13.1 Å². The van der Waals surface area contributed by atoms with Crippen molar-refractivity contribution in [1.82, 2.24) is 4.90 Å². The van der Waals surface area contributed by atoms with E-state index >= 15 is 0 Å². The third-order valence-electron chi connectivity index (χ3n) is 4.18. The molecule has 6 heteroatoms. The van der Waals surface area contributed by atoms with Crippen LogP contribution in [0.1, 0.15) is 38.5 Å². The molecule has 0 radical (unpaired) electrons. The molecule has 1 saturated heterocycles. The fraction of sp³-hybridized carbons (Fsp3) is 0.500. The third kappa shape index (κ3) is 3.54. The molecule has 1 N–H and O–H groups in total. The van der Waals surface area contributed by atoms with Crippen LogP contribution in [-0.4, -0.2) is 34.8 Å². The van der Waals surface area contributed by atoms with E-state index in [4.69, 9.17) is 4.74 Å². The second-order valence-electron chi connectivity index (χ2n) is 7.29. The van der Waals surface area contributed by atoms with E-state index in [-0.39, 0.29) is 11.9 Å². The number of aliphatic hydroxyl groups is 1. The molecule has 0 atom stereocenters. The van der Waals surface area contributed by atoms with Crippen LogP contribution in [0.3, 0.4) is 0 Å². The van der Waals surface area contributed by atoms with E-state index in [0.717, 1.165) is 15.0 Å². The van der Waals surface area contributed by atoms with Gasteiger partial charge in [0, 0.05) is 22.7 Å². The van der Waals surface area contributed by atoms with Crippen LogP contribution in [0.2, 0.25) is 0 Å². The molecule has 1 fully saturated rings. The third-order valence-corrected chi connectivity index (χ3v) is 5.47. The van der Waals surface area contributed by atoms with Crippen LogP contribution in [-0.2, 0) is 10.3 Å². The number of hydrogen-bond donors (Lipinski definition) is 1. The Bertz CT molecular complexity index is 757. The number of carbonyl (C=O) groups excluding carboxylic acids is 1. The van der Waals surface area contributed by atoms with Crippen LogP contribution in [0.5, 0.6) is 0 Å². The summed E-state index contributed by atoms with van der Waals surface area (Å²) in [6, 6.07) is 6.56. The second-order valence-corrected chi connectivity index (χ2v) is 8.38. The molecular weight excluding hydrogens is 329 g/mol. The normalized spacial score (nSPS) is 18.0. The van der Waals surface area contributed by atoms with E-state index in [1.54, 1.807) is 11.0 Å². The molecule has 4 nitrogen and oxygen atoms in total. The fourth-order valence-electron chi connectivity index (χ4n) is 2.87. The Labute approximate surface area is 144 Å². The number of ether oxygens (including phenoxy) is 1. The summed E-state index contributed by atoms with van der Waals surface area (Å²) in [5.41, 5.74) is -1.50. The van der Waals surface area contributed by atoms with Gasteiger partial charge in [-0.15, -0.1) is 11.3 Å². The summed E-state index contributed by atoms with van der Waals surface area (Å²) in [4.78, 5) is 14.6. The number of fused-ring (bicyclic) bond motifs is 1. The molecule has 1 aromatic heterocycles. The van der Waals surface area contributed by atoms with Gasteiger partial charge in [-0.3, -0.25) is 0 Å². The molecule has 1 aliphatic heterocycles. The zero-order chi connectivity index (χ0) is 17.5. The Morgan fingerprint density at radius 1 is 1.29 bits per heavy atom. The van der Waals surface area contributed by atoms with Crippen molar-refractivity contribution in [2.45, 2.75) is 44.8 Å². The number of carbonyl (C=O) groups is 1. The topological polar surface area (TPSA) is 49.8 Å². The van der Waals surface area contributed by atoms with Crippen LogP contribution >= 0.6 is 11.3 Å². The monoisotopic (exact) mass is 351 g/mol. The summed E-state index contributed by atoms with van der Waals surface area (Å²) in [7, 11) is 0. The lowest BCUT2D eigenvalue weighted by Crippen LogP contribution is -2.46. The van der Waals surface area contributed by atoms with E-state index in [1.807, 2.05) is 26.8 Å². The molecule has 1 aliphatic rings. The number of nitrogens with zero attached hydrogens (tertiary/aromatic N) is 1. The average molecular weight is 351 g/mol. The molecule has 1 amide bonds. The average Bonchev–Trinajstić information content (AvgIpc) is 2.90. The summed E-state index contributed by atoms with van der Waals surface area (Å²) < 4.78 is 19.6. The van der Waals surface area contributed by atoms with Gasteiger partial charge in [-0.1, -0.05) is 6.07 Å². The van der Waals surface area contributed by atoms with Crippen molar-refractivity contribution in [1.29, 1.82) is 0 Å². The van der Waals surface area contributed by atoms with Crippen LogP contribution in [0.25, 0.3) is 10.1 Å². The van der Waals surface area contributed by atoms with Gasteiger partial charge in [0.2, 0.25) is 0 Å². The Morgan fingerprint density at radius 3 is 2.58 bits per heavy atom. The standard InChI is InChI=1S/C18H22FNO3S/c1-17(2,3)23-16(21)20-8-6-18(22,7-9-20)15-10-12-4-5-13(19)11-14(12)24-15/h4-5,10-11,22H,6-9H2,1-3H3. The first kappa shape index (κ1) is 17.2. The molecular formula is C18H22FNO3S. The number of thiophene rings is 1. The van der Waals surface area contributed by atoms with Gasteiger partial charge in [-0.2, -0.15) is 0 Å². The number of halogens is 1. The highest BCUT2D eigenvalue weighted by Crippen LogP contribution is 2.40. The van der Waals surface area contributed by atoms with Crippen LogP contribution < -0.4 is 0 Å². The summed E-state index contributed by atoms with van der Waals surface area (Å²) in [6.45, 7) is 6.38. The lowest BCUT2D eigenvalue weighted by molar-refractivity contribution is -0.0334. The lowest BCUT2D eigenvalue weighted by atomic mass is 9.90. The molecule has 0 bridgehead atoms. The highest BCUT2D eigenvalue weighted by molar-refractivity contribution is 7.19. The van der Waals surface area contributed by atoms with E-state index in [0.29, 0.717) is 25.9 Å². The van der Waals surface area contributed by atoms with Gasteiger partial charge in [0.05, 0.1) is 0 Å². The molecule has 0 spiro atoms. The SMILES string of the molecule is CC(C)(C)OC(=O)N1CCC(O)(c2cc3ccc(F)cc3s2)CC1. The van der Waals surface area contributed by atoms with Crippen LogP contribution in [0.15, 0.2) is 24.3 Å². The first-order valence-electron chi connectivity index (χ1n) is 8.06. The number of amides is 1. The van der Waals surface area contributed by atoms with Gasteiger partial charge in [-0.25, -0.2) is 9.18 Å². The number of likely N-dealkylation sites (tertiary alicyclic amines) is 1. The van der Waals surface area contributed by atoms with Gasteiger partial charge in [0.25, 0.3) is 0 Å². The predicted molar refractivity (Wildman–Crippen MR) is 92.7 cm³/mol. The van der Waals surface area contributed by atoms with Crippen LogP contribution in [0, 0.1) is 5.82 Å². The molecule has 130 valence electrons. The summed E-state index contributed by atoms with van der Waals surface area (Å²) in [5, 5.41) is 11.9. The Kier molecular flexibility index (Phi) is 4.30.